The fourth-order valence-corrected chi connectivity index (χ4v) is 9.11. The van der Waals surface area contributed by atoms with Gasteiger partial charge in [-0.05, 0) is 43.2 Å². The molecule has 17 heteroatoms. The van der Waals surface area contributed by atoms with Crippen LogP contribution in [0.1, 0.15) is 11.1 Å². The van der Waals surface area contributed by atoms with E-state index in [1.165, 1.54) is 12.1 Å². The Balaban J connectivity index is 0.000000197. The van der Waals surface area contributed by atoms with Crippen LogP contribution in [0.5, 0.6) is 0 Å². The zero-order chi connectivity index (χ0) is 43.1. The van der Waals surface area contributed by atoms with Crippen LogP contribution >= 0.6 is 11.6 Å². The molecule has 0 unspecified atom stereocenters. The van der Waals surface area contributed by atoms with E-state index in [4.69, 9.17) is 16.3 Å². The maximum Gasteiger partial charge on any atom is 0.176 e. The molecule has 1 fully saturated rings. The Morgan fingerprint density at radius 2 is 1.18 bits per heavy atom. The van der Waals surface area contributed by atoms with Crippen molar-refractivity contribution in [1.29, 1.82) is 0 Å². The van der Waals surface area contributed by atoms with Gasteiger partial charge in [-0.2, -0.15) is 0 Å². The Bertz CT molecular complexity index is 3060. The van der Waals surface area contributed by atoms with E-state index in [2.05, 4.69) is 25.2 Å². The zero-order valence-electron chi connectivity index (χ0n) is 32.5. The molecule has 8 rings (SSSR count). The molecule has 0 atom stereocenters. The lowest BCUT2D eigenvalue weighted by atomic mass is 10.0. The highest BCUT2D eigenvalue weighted by atomic mass is 35.5. The minimum atomic E-state index is -3.59. The number of anilines is 3. The largest absolute Gasteiger partial charge is 0.378 e. The summed E-state index contributed by atoms with van der Waals surface area (Å²) in [7, 11) is -7.10. The number of fused-ring (bicyclic) bond motifs is 2. The first kappa shape index (κ1) is 42.4. The molecule has 0 bridgehead atoms. The normalized spacial score (nSPS) is 13.3. The first-order valence-corrected chi connectivity index (χ1v) is 22.5. The van der Waals surface area contributed by atoms with Crippen LogP contribution in [-0.4, -0.2) is 70.6 Å². The molecule has 0 aliphatic carbocycles. The standard InChI is InChI=1S/C26H24F2N4O3S.C17H12ClF2NO2S/c1-16-25(20-5-3-4-6-23(20)36(2,33)34)31-22-12-17(27)11-21(28)24(22)26(16)30-18-13-19(15-29-14-18)32-7-9-35-10-8-32;1-9-16(18)15-12(20)7-10(19)8-13(15)21-17(9)11-5-3-4-6-14(11)24(2,22)23/h3-6,11-15H,7-10H2,1-2H3,(H,30,31);3-8H,1-2H3. The highest BCUT2D eigenvalue weighted by Gasteiger charge is 2.24. The molecule has 0 spiro atoms. The summed E-state index contributed by atoms with van der Waals surface area (Å²) in [5.74, 6) is -3.15. The Kier molecular flexibility index (Phi) is 11.9. The van der Waals surface area contributed by atoms with Gasteiger partial charge in [0.2, 0.25) is 0 Å². The highest BCUT2D eigenvalue weighted by Crippen LogP contribution is 2.40. The number of ether oxygens (including phenoxy) is 1. The van der Waals surface area contributed by atoms with Gasteiger partial charge in [0, 0.05) is 61.0 Å². The van der Waals surface area contributed by atoms with E-state index in [0.717, 1.165) is 55.6 Å². The fraction of sp³-hybridized carbons (Fsp3) is 0.186. The number of rotatable bonds is 7. The van der Waals surface area contributed by atoms with Crippen molar-refractivity contribution in [2.24, 2.45) is 0 Å². The van der Waals surface area contributed by atoms with Gasteiger partial charge in [0.25, 0.3) is 0 Å². The number of hydrogen-bond donors (Lipinski definition) is 1. The van der Waals surface area contributed by atoms with Crippen LogP contribution in [0.4, 0.5) is 34.6 Å². The van der Waals surface area contributed by atoms with Crippen LogP contribution in [0, 0.1) is 37.1 Å². The summed E-state index contributed by atoms with van der Waals surface area (Å²) in [5.41, 5.74) is 4.15. The molecule has 1 saturated heterocycles. The quantitative estimate of drug-likeness (QED) is 0.155. The molecular formula is C43H36ClF4N5O5S2. The molecule has 4 heterocycles. The third kappa shape index (κ3) is 8.64. The lowest BCUT2D eigenvalue weighted by molar-refractivity contribution is 0.122. The Morgan fingerprint density at radius 1 is 0.683 bits per heavy atom. The van der Waals surface area contributed by atoms with Crippen LogP contribution in [-0.2, 0) is 24.4 Å². The molecule has 60 heavy (non-hydrogen) atoms. The number of nitrogens with one attached hydrogen (secondary N) is 1. The van der Waals surface area contributed by atoms with Gasteiger partial charge in [-0.25, -0.2) is 44.4 Å². The predicted octanol–water partition coefficient (Wildman–Crippen LogP) is 9.41. The number of morpholine rings is 1. The highest BCUT2D eigenvalue weighted by molar-refractivity contribution is 7.91. The molecule has 0 amide bonds. The van der Waals surface area contributed by atoms with Crippen molar-refractivity contribution < 1.29 is 39.1 Å². The van der Waals surface area contributed by atoms with Crippen LogP contribution in [0.2, 0.25) is 5.02 Å². The first-order chi connectivity index (χ1) is 28.4. The van der Waals surface area contributed by atoms with Crippen LogP contribution in [0.25, 0.3) is 44.3 Å². The van der Waals surface area contributed by atoms with E-state index >= 15 is 4.39 Å². The Labute approximate surface area is 348 Å². The van der Waals surface area contributed by atoms with E-state index < -0.39 is 42.9 Å². The summed E-state index contributed by atoms with van der Waals surface area (Å²) in [4.78, 5) is 15.4. The molecule has 3 aromatic heterocycles. The van der Waals surface area contributed by atoms with Gasteiger partial charge >= 0.3 is 0 Å². The van der Waals surface area contributed by atoms with Crippen LogP contribution < -0.4 is 10.2 Å². The smallest absolute Gasteiger partial charge is 0.176 e. The van der Waals surface area contributed by atoms with Crippen molar-refractivity contribution in [2.45, 2.75) is 23.6 Å². The van der Waals surface area contributed by atoms with Crippen LogP contribution in [0.3, 0.4) is 0 Å². The van der Waals surface area contributed by atoms with Gasteiger partial charge in [-0.15, -0.1) is 0 Å². The van der Waals surface area contributed by atoms with Gasteiger partial charge in [-0.3, -0.25) is 4.98 Å². The van der Waals surface area contributed by atoms with Gasteiger partial charge in [0.05, 0.1) is 90.7 Å². The molecular weight excluding hydrogens is 842 g/mol. The van der Waals surface area contributed by atoms with Crippen molar-refractivity contribution in [3.63, 3.8) is 0 Å². The zero-order valence-corrected chi connectivity index (χ0v) is 34.9. The minimum Gasteiger partial charge on any atom is -0.378 e. The van der Waals surface area contributed by atoms with Crippen molar-refractivity contribution >= 4 is 70.1 Å². The Morgan fingerprint density at radius 3 is 1.73 bits per heavy atom. The molecule has 0 saturated carbocycles. The third-order valence-corrected chi connectivity index (χ3v) is 12.7. The summed E-state index contributed by atoms with van der Waals surface area (Å²) in [6.07, 6.45) is 5.56. The third-order valence-electron chi connectivity index (χ3n) is 9.87. The number of sulfone groups is 2. The number of pyridine rings is 3. The number of nitrogens with zero attached hydrogens (tertiary/aromatic N) is 4. The van der Waals surface area contributed by atoms with Crippen molar-refractivity contribution in [2.75, 3.05) is 49.0 Å². The fourth-order valence-electron chi connectivity index (χ4n) is 7.05. The first-order valence-electron chi connectivity index (χ1n) is 18.3. The summed E-state index contributed by atoms with van der Waals surface area (Å²) in [6, 6.07) is 18.4. The van der Waals surface area contributed by atoms with Crippen molar-refractivity contribution in [3.8, 4) is 22.5 Å². The molecule has 7 aromatic rings. The maximum absolute atomic E-state index is 15.1. The number of halogens is 5. The number of aromatic nitrogens is 3. The predicted molar refractivity (Wildman–Crippen MR) is 225 cm³/mol. The monoisotopic (exact) mass is 877 g/mol. The average Bonchev–Trinajstić information content (AvgIpc) is 3.20. The van der Waals surface area contributed by atoms with Gasteiger partial charge in [-0.1, -0.05) is 48.0 Å². The summed E-state index contributed by atoms with van der Waals surface area (Å²) in [5, 5.41) is 3.44. The summed E-state index contributed by atoms with van der Waals surface area (Å²) >= 11 is 6.25. The van der Waals surface area contributed by atoms with Crippen molar-refractivity contribution in [3.05, 3.63) is 131 Å². The average molecular weight is 878 g/mol. The SMILES string of the molecule is Cc1c(-c2ccccc2S(C)(=O)=O)nc2cc(F)cc(F)c2c1Cl.Cc1c(-c2ccccc2S(C)(=O)=O)nc2cc(F)cc(F)c2c1Nc1cncc(N2CCOCC2)c1. The summed E-state index contributed by atoms with van der Waals surface area (Å²) < 4.78 is 111. The van der Waals surface area contributed by atoms with Crippen molar-refractivity contribution in [1.82, 2.24) is 15.0 Å². The van der Waals surface area contributed by atoms with E-state index in [1.54, 1.807) is 62.6 Å². The molecule has 1 aliphatic heterocycles. The maximum atomic E-state index is 15.1. The van der Waals surface area contributed by atoms with Gasteiger partial charge in [0.15, 0.2) is 19.7 Å². The molecule has 0 radical (unpaired) electrons. The number of benzene rings is 4. The molecule has 1 N–H and O–H groups in total. The van der Waals surface area contributed by atoms with E-state index in [9.17, 15) is 30.0 Å². The molecule has 10 nitrogen and oxygen atoms in total. The topological polar surface area (TPSA) is 131 Å². The second kappa shape index (κ2) is 16.8. The van der Waals surface area contributed by atoms with E-state index in [-0.39, 0.29) is 42.3 Å². The van der Waals surface area contributed by atoms with Gasteiger partial charge in [0.1, 0.15) is 23.3 Å². The lowest BCUT2D eigenvalue weighted by Crippen LogP contribution is -2.36. The second-order valence-electron chi connectivity index (χ2n) is 14.1. The minimum absolute atomic E-state index is 0.0103. The molecule has 4 aromatic carbocycles. The molecule has 310 valence electrons. The van der Waals surface area contributed by atoms with Crippen LogP contribution in [0.15, 0.2) is 101 Å². The second-order valence-corrected chi connectivity index (χ2v) is 18.5. The van der Waals surface area contributed by atoms with Gasteiger partial charge < -0.3 is 15.0 Å². The summed E-state index contributed by atoms with van der Waals surface area (Å²) in [6.45, 7) is 6.03. The number of hydrogen-bond acceptors (Lipinski definition) is 10. The Hall–Kier alpha value is -5.68. The molecule has 1 aliphatic rings. The van der Waals surface area contributed by atoms with E-state index in [0.29, 0.717) is 52.5 Å². The lowest BCUT2D eigenvalue weighted by Gasteiger charge is -2.28. The van der Waals surface area contributed by atoms with E-state index in [1.807, 2.05) is 6.07 Å².